The Hall–Kier alpha value is -0.990. The standard InChI is InChI=1S/C11H19N3/c1-11(2,3)14-10-12-8-6-4-5-7-9(8)13-10/h4-7H2,1-3H3,(H2,12,13,14). The van der Waals surface area contributed by atoms with Gasteiger partial charge in [0, 0.05) is 11.2 Å². The Labute approximate surface area is 85.3 Å². The number of anilines is 1. The number of aromatic amines is 1. The highest BCUT2D eigenvalue weighted by atomic mass is 15.2. The molecule has 3 nitrogen and oxygen atoms in total. The second kappa shape index (κ2) is 3.30. The number of hydrogen-bond acceptors (Lipinski definition) is 2. The molecule has 0 spiro atoms. The lowest BCUT2D eigenvalue weighted by Gasteiger charge is -2.19. The van der Waals surface area contributed by atoms with E-state index in [1.54, 1.807) is 0 Å². The first-order chi connectivity index (χ1) is 6.54. The Balaban J connectivity index is 2.16. The maximum Gasteiger partial charge on any atom is 0.200 e. The van der Waals surface area contributed by atoms with E-state index in [-0.39, 0.29) is 5.54 Å². The van der Waals surface area contributed by atoms with Crippen molar-refractivity contribution in [2.75, 3.05) is 5.32 Å². The van der Waals surface area contributed by atoms with Crippen LogP contribution in [0, 0.1) is 0 Å². The predicted octanol–water partition coefficient (Wildman–Crippen LogP) is 2.50. The zero-order valence-corrected chi connectivity index (χ0v) is 9.28. The molecule has 0 atom stereocenters. The molecule has 78 valence electrons. The molecule has 0 bridgehead atoms. The molecule has 0 aliphatic heterocycles. The summed E-state index contributed by atoms with van der Waals surface area (Å²) in [6.07, 6.45) is 4.88. The molecule has 0 saturated heterocycles. The van der Waals surface area contributed by atoms with Crippen molar-refractivity contribution in [2.24, 2.45) is 0 Å². The highest BCUT2D eigenvalue weighted by Gasteiger charge is 2.17. The predicted molar refractivity (Wildman–Crippen MR) is 58.6 cm³/mol. The molecule has 3 heteroatoms. The Morgan fingerprint density at radius 3 is 2.57 bits per heavy atom. The fourth-order valence-electron chi connectivity index (χ4n) is 1.87. The molecule has 1 heterocycles. The van der Waals surface area contributed by atoms with Gasteiger partial charge in [0.2, 0.25) is 5.95 Å². The van der Waals surface area contributed by atoms with Crippen LogP contribution in [-0.2, 0) is 12.8 Å². The van der Waals surface area contributed by atoms with Crippen LogP contribution in [0.5, 0.6) is 0 Å². The summed E-state index contributed by atoms with van der Waals surface area (Å²) in [4.78, 5) is 7.94. The number of nitrogens with zero attached hydrogens (tertiary/aromatic N) is 1. The smallest absolute Gasteiger partial charge is 0.200 e. The Bertz CT molecular complexity index is 296. The van der Waals surface area contributed by atoms with Gasteiger partial charge in [0.15, 0.2) is 0 Å². The van der Waals surface area contributed by atoms with E-state index < -0.39 is 0 Å². The van der Waals surface area contributed by atoms with Crippen molar-refractivity contribution in [3.8, 4) is 0 Å². The van der Waals surface area contributed by atoms with Gasteiger partial charge < -0.3 is 10.3 Å². The van der Waals surface area contributed by atoms with E-state index in [9.17, 15) is 0 Å². The minimum absolute atomic E-state index is 0.0838. The van der Waals surface area contributed by atoms with E-state index in [4.69, 9.17) is 0 Å². The molecule has 1 aliphatic carbocycles. The molecule has 0 amide bonds. The van der Waals surface area contributed by atoms with Crippen LogP contribution in [-0.4, -0.2) is 15.5 Å². The molecule has 0 unspecified atom stereocenters. The second-order valence-corrected chi connectivity index (χ2v) is 5.09. The SMILES string of the molecule is CC(C)(C)Nc1nc2c([nH]1)CCCC2. The monoisotopic (exact) mass is 193 g/mol. The van der Waals surface area contributed by atoms with Crippen LogP contribution in [0.1, 0.15) is 45.0 Å². The third-order valence-corrected chi connectivity index (χ3v) is 2.45. The molecule has 1 aromatic heterocycles. The van der Waals surface area contributed by atoms with Gasteiger partial charge in [0.1, 0.15) is 0 Å². The van der Waals surface area contributed by atoms with E-state index in [0.29, 0.717) is 0 Å². The normalized spacial score (nSPS) is 16.5. The second-order valence-electron chi connectivity index (χ2n) is 5.09. The molecule has 0 aromatic carbocycles. The number of nitrogens with one attached hydrogen (secondary N) is 2. The largest absolute Gasteiger partial charge is 0.351 e. The van der Waals surface area contributed by atoms with Gasteiger partial charge in [0.25, 0.3) is 0 Å². The molecule has 0 saturated carbocycles. The number of rotatable bonds is 1. The first-order valence-electron chi connectivity index (χ1n) is 5.40. The van der Waals surface area contributed by atoms with Crippen LogP contribution < -0.4 is 5.32 Å². The average Bonchev–Trinajstić information content (AvgIpc) is 2.42. The summed E-state index contributed by atoms with van der Waals surface area (Å²) in [6.45, 7) is 6.44. The van der Waals surface area contributed by atoms with Gasteiger partial charge in [-0.1, -0.05) is 0 Å². The first kappa shape index (κ1) is 9.56. The van der Waals surface area contributed by atoms with Gasteiger partial charge in [-0.15, -0.1) is 0 Å². The van der Waals surface area contributed by atoms with E-state index in [1.165, 1.54) is 24.2 Å². The maximum absolute atomic E-state index is 4.57. The molecule has 1 aliphatic rings. The Morgan fingerprint density at radius 1 is 1.21 bits per heavy atom. The van der Waals surface area contributed by atoms with Gasteiger partial charge in [-0.25, -0.2) is 4.98 Å². The summed E-state index contributed by atoms with van der Waals surface area (Å²) in [5.74, 6) is 0.935. The summed E-state index contributed by atoms with van der Waals surface area (Å²) in [5.41, 5.74) is 2.69. The van der Waals surface area contributed by atoms with E-state index in [2.05, 4.69) is 36.1 Å². The summed E-state index contributed by atoms with van der Waals surface area (Å²) >= 11 is 0. The molecular formula is C11H19N3. The first-order valence-corrected chi connectivity index (χ1v) is 5.40. The van der Waals surface area contributed by atoms with Gasteiger partial charge in [-0.05, 0) is 46.5 Å². The summed E-state index contributed by atoms with van der Waals surface area (Å²) in [7, 11) is 0. The lowest BCUT2D eigenvalue weighted by atomic mass is 10.0. The summed E-state index contributed by atoms with van der Waals surface area (Å²) < 4.78 is 0. The lowest BCUT2D eigenvalue weighted by molar-refractivity contribution is 0.627. The van der Waals surface area contributed by atoms with E-state index >= 15 is 0 Å². The fourth-order valence-corrected chi connectivity index (χ4v) is 1.87. The quantitative estimate of drug-likeness (QED) is 0.719. The third-order valence-electron chi connectivity index (χ3n) is 2.45. The highest BCUT2D eigenvalue weighted by molar-refractivity contribution is 5.34. The average molecular weight is 193 g/mol. The van der Waals surface area contributed by atoms with Gasteiger partial charge in [-0.3, -0.25) is 0 Å². The van der Waals surface area contributed by atoms with Crippen molar-refractivity contribution < 1.29 is 0 Å². The fraction of sp³-hybridized carbons (Fsp3) is 0.727. The Kier molecular flexibility index (Phi) is 2.25. The van der Waals surface area contributed by atoms with Crippen LogP contribution >= 0.6 is 0 Å². The van der Waals surface area contributed by atoms with Gasteiger partial charge in [0.05, 0.1) is 5.69 Å². The summed E-state index contributed by atoms with van der Waals surface area (Å²) in [6, 6.07) is 0. The van der Waals surface area contributed by atoms with E-state index in [0.717, 1.165) is 18.8 Å². The number of aromatic nitrogens is 2. The zero-order chi connectivity index (χ0) is 10.2. The topological polar surface area (TPSA) is 40.7 Å². The summed E-state index contributed by atoms with van der Waals surface area (Å²) in [5, 5.41) is 3.37. The van der Waals surface area contributed by atoms with Crippen molar-refractivity contribution in [1.29, 1.82) is 0 Å². The number of aryl methyl sites for hydroxylation is 2. The lowest BCUT2D eigenvalue weighted by Crippen LogP contribution is -2.26. The van der Waals surface area contributed by atoms with Gasteiger partial charge in [-0.2, -0.15) is 0 Å². The van der Waals surface area contributed by atoms with Crippen LogP contribution in [0.4, 0.5) is 5.95 Å². The molecule has 0 radical (unpaired) electrons. The van der Waals surface area contributed by atoms with Crippen molar-refractivity contribution in [1.82, 2.24) is 9.97 Å². The molecule has 2 N–H and O–H groups in total. The van der Waals surface area contributed by atoms with Crippen LogP contribution in [0.3, 0.4) is 0 Å². The minimum atomic E-state index is 0.0838. The zero-order valence-electron chi connectivity index (χ0n) is 9.28. The maximum atomic E-state index is 4.57. The minimum Gasteiger partial charge on any atom is -0.351 e. The number of hydrogen-bond donors (Lipinski definition) is 2. The van der Waals surface area contributed by atoms with Crippen LogP contribution in [0.2, 0.25) is 0 Å². The molecule has 0 fully saturated rings. The van der Waals surface area contributed by atoms with Crippen molar-refractivity contribution in [3.63, 3.8) is 0 Å². The third kappa shape index (κ3) is 2.08. The molecule has 1 aromatic rings. The Morgan fingerprint density at radius 2 is 1.93 bits per heavy atom. The van der Waals surface area contributed by atoms with Crippen molar-refractivity contribution in [2.45, 2.75) is 52.0 Å². The number of fused-ring (bicyclic) bond motifs is 1. The van der Waals surface area contributed by atoms with Crippen LogP contribution in [0.15, 0.2) is 0 Å². The number of H-pyrrole nitrogens is 1. The van der Waals surface area contributed by atoms with Crippen molar-refractivity contribution >= 4 is 5.95 Å². The van der Waals surface area contributed by atoms with Crippen LogP contribution in [0.25, 0.3) is 0 Å². The van der Waals surface area contributed by atoms with Crippen molar-refractivity contribution in [3.05, 3.63) is 11.4 Å². The molecular weight excluding hydrogens is 174 g/mol. The molecule has 2 rings (SSSR count). The van der Waals surface area contributed by atoms with Gasteiger partial charge >= 0.3 is 0 Å². The highest BCUT2D eigenvalue weighted by Crippen LogP contribution is 2.21. The number of imidazole rings is 1. The van der Waals surface area contributed by atoms with E-state index in [1.807, 2.05) is 0 Å². The molecule has 14 heavy (non-hydrogen) atoms.